The average molecular weight is 244 g/mol. The molecule has 1 atom stereocenters. The smallest absolute Gasteiger partial charge is 0.223 e. The number of aliphatic hydroxyl groups excluding tert-OH is 1. The predicted octanol–water partition coefficient (Wildman–Crippen LogP) is 2.39. The first kappa shape index (κ1) is 12.5. The quantitative estimate of drug-likeness (QED) is 0.866. The van der Waals surface area contributed by atoms with Gasteiger partial charge in [-0.3, -0.25) is 0 Å². The molecule has 0 saturated heterocycles. The Bertz CT molecular complexity index is 527. The average Bonchev–Trinajstić information content (AvgIpc) is 2.39. The third kappa shape index (κ3) is 2.85. The van der Waals surface area contributed by atoms with Crippen LogP contribution in [-0.4, -0.2) is 10.1 Å². The van der Waals surface area contributed by atoms with Gasteiger partial charge in [0.15, 0.2) is 0 Å². The number of pyridine rings is 1. The van der Waals surface area contributed by atoms with Gasteiger partial charge in [-0.2, -0.15) is 0 Å². The van der Waals surface area contributed by atoms with Gasteiger partial charge in [0.2, 0.25) is 5.88 Å². The number of nitrogens with two attached hydrogens (primary N) is 1. The molecule has 0 amide bonds. The molecule has 94 valence electrons. The minimum absolute atomic E-state index is 0.0143. The largest absolute Gasteiger partial charge is 0.439 e. The predicted molar refractivity (Wildman–Crippen MR) is 69.3 cm³/mol. The lowest BCUT2D eigenvalue weighted by Crippen LogP contribution is -2.07. The molecule has 2 rings (SSSR count). The van der Waals surface area contributed by atoms with Gasteiger partial charge in [-0.25, -0.2) is 4.98 Å². The molecule has 0 saturated carbocycles. The van der Waals surface area contributed by atoms with Gasteiger partial charge < -0.3 is 15.6 Å². The number of nitrogens with zero attached hydrogens (tertiary/aromatic N) is 1. The van der Waals surface area contributed by atoms with Gasteiger partial charge in [-0.05, 0) is 30.7 Å². The van der Waals surface area contributed by atoms with Gasteiger partial charge in [0, 0.05) is 17.8 Å². The summed E-state index contributed by atoms with van der Waals surface area (Å²) in [6.45, 7) is 1.87. The SMILES string of the molecule is C[C@@H](N)c1cccnc1Oc1cccc(CO)c1. The van der Waals surface area contributed by atoms with Crippen LogP contribution in [0.5, 0.6) is 11.6 Å². The summed E-state index contributed by atoms with van der Waals surface area (Å²) in [5.74, 6) is 1.14. The zero-order valence-corrected chi connectivity index (χ0v) is 10.2. The summed E-state index contributed by atoms with van der Waals surface area (Å²) in [5, 5.41) is 9.08. The van der Waals surface area contributed by atoms with Gasteiger partial charge in [0.05, 0.1) is 6.61 Å². The molecule has 0 aliphatic heterocycles. The Kier molecular flexibility index (Phi) is 3.92. The topological polar surface area (TPSA) is 68.4 Å². The van der Waals surface area contributed by atoms with Crippen LogP contribution in [0.4, 0.5) is 0 Å². The van der Waals surface area contributed by atoms with Crippen LogP contribution in [0, 0.1) is 0 Å². The van der Waals surface area contributed by atoms with Crippen LogP contribution in [0.3, 0.4) is 0 Å². The summed E-state index contributed by atoms with van der Waals surface area (Å²) >= 11 is 0. The molecule has 0 spiro atoms. The van der Waals surface area contributed by atoms with Gasteiger partial charge in [-0.1, -0.05) is 18.2 Å². The van der Waals surface area contributed by atoms with E-state index >= 15 is 0 Å². The van der Waals surface area contributed by atoms with Crippen LogP contribution in [0.25, 0.3) is 0 Å². The fourth-order valence-electron chi connectivity index (χ4n) is 1.65. The summed E-state index contributed by atoms with van der Waals surface area (Å²) in [4.78, 5) is 4.19. The number of hydrogen-bond acceptors (Lipinski definition) is 4. The van der Waals surface area contributed by atoms with Crippen LogP contribution in [0.1, 0.15) is 24.1 Å². The summed E-state index contributed by atoms with van der Waals surface area (Å²) in [6.07, 6.45) is 1.66. The normalized spacial score (nSPS) is 12.2. The highest BCUT2D eigenvalue weighted by molar-refractivity contribution is 5.35. The molecule has 2 aromatic rings. The maximum Gasteiger partial charge on any atom is 0.223 e. The van der Waals surface area contributed by atoms with Crippen LogP contribution in [0.15, 0.2) is 42.6 Å². The molecule has 4 nitrogen and oxygen atoms in total. The van der Waals surface area contributed by atoms with Crippen LogP contribution >= 0.6 is 0 Å². The first-order valence-corrected chi connectivity index (χ1v) is 5.79. The fourth-order valence-corrected chi connectivity index (χ4v) is 1.65. The van der Waals surface area contributed by atoms with Gasteiger partial charge in [0.25, 0.3) is 0 Å². The van der Waals surface area contributed by atoms with Crippen molar-refractivity contribution in [1.29, 1.82) is 0 Å². The summed E-state index contributed by atoms with van der Waals surface area (Å²) < 4.78 is 5.71. The van der Waals surface area contributed by atoms with Crippen molar-refractivity contribution in [3.8, 4) is 11.6 Å². The molecule has 0 aliphatic carbocycles. The maximum atomic E-state index is 9.08. The lowest BCUT2D eigenvalue weighted by Gasteiger charge is -2.12. The van der Waals surface area contributed by atoms with E-state index in [4.69, 9.17) is 15.6 Å². The molecule has 18 heavy (non-hydrogen) atoms. The van der Waals surface area contributed by atoms with E-state index in [0.29, 0.717) is 11.6 Å². The van der Waals surface area contributed by atoms with Crippen molar-refractivity contribution in [2.45, 2.75) is 19.6 Å². The molecule has 0 radical (unpaired) electrons. The molecule has 0 unspecified atom stereocenters. The molecule has 4 heteroatoms. The number of benzene rings is 1. The van der Waals surface area contributed by atoms with Gasteiger partial charge in [0.1, 0.15) is 5.75 Å². The Hall–Kier alpha value is -1.91. The molecular weight excluding hydrogens is 228 g/mol. The van der Waals surface area contributed by atoms with Crippen molar-refractivity contribution in [2.24, 2.45) is 5.73 Å². The van der Waals surface area contributed by atoms with E-state index in [-0.39, 0.29) is 12.6 Å². The monoisotopic (exact) mass is 244 g/mol. The maximum absolute atomic E-state index is 9.08. The number of hydrogen-bond donors (Lipinski definition) is 2. The molecule has 1 heterocycles. The number of ether oxygens (including phenoxy) is 1. The third-order valence-corrected chi connectivity index (χ3v) is 2.59. The lowest BCUT2D eigenvalue weighted by atomic mass is 10.1. The molecule has 1 aromatic heterocycles. The van der Waals surface area contributed by atoms with E-state index in [9.17, 15) is 0 Å². The zero-order chi connectivity index (χ0) is 13.0. The minimum Gasteiger partial charge on any atom is -0.439 e. The van der Waals surface area contributed by atoms with Crippen molar-refractivity contribution in [1.82, 2.24) is 4.98 Å². The highest BCUT2D eigenvalue weighted by Crippen LogP contribution is 2.26. The first-order chi connectivity index (χ1) is 8.70. The minimum atomic E-state index is -0.144. The molecule has 0 bridgehead atoms. The number of rotatable bonds is 4. The van der Waals surface area contributed by atoms with Crippen molar-refractivity contribution in [3.63, 3.8) is 0 Å². The van der Waals surface area contributed by atoms with E-state index < -0.39 is 0 Å². The Morgan fingerprint density at radius 2 is 2.17 bits per heavy atom. The number of aliphatic hydroxyl groups is 1. The summed E-state index contributed by atoms with van der Waals surface area (Å²) in [6, 6.07) is 10.8. The highest BCUT2D eigenvalue weighted by Gasteiger charge is 2.09. The summed E-state index contributed by atoms with van der Waals surface area (Å²) in [5.41, 5.74) is 7.51. The van der Waals surface area contributed by atoms with Crippen LogP contribution in [0.2, 0.25) is 0 Å². The Morgan fingerprint density at radius 1 is 1.33 bits per heavy atom. The first-order valence-electron chi connectivity index (χ1n) is 5.79. The summed E-state index contributed by atoms with van der Waals surface area (Å²) in [7, 11) is 0. The Morgan fingerprint density at radius 3 is 2.89 bits per heavy atom. The fraction of sp³-hybridized carbons (Fsp3) is 0.214. The zero-order valence-electron chi connectivity index (χ0n) is 10.2. The molecule has 3 N–H and O–H groups in total. The highest BCUT2D eigenvalue weighted by atomic mass is 16.5. The second kappa shape index (κ2) is 5.62. The van der Waals surface area contributed by atoms with E-state index in [2.05, 4.69) is 4.98 Å². The lowest BCUT2D eigenvalue weighted by molar-refractivity contribution is 0.281. The van der Waals surface area contributed by atoms with Gasteiger partial charge >= 0.3 is 0 Å². The van der Waals surface area contributed by atoms with Crippen LogP contribution < -0.4 is 10.5 Å². The van der Waals surface area contributed by atoms with Crippen molar-refractivity contribution < 1.29 is 9.84 Å². The Labute approximate surface area is 106 Å². The van der Waals surface area contributed by atoms with Crippen LogP contribution in [-0.2, 0) is 6.61 Å². The Balaban J connectivity index is 2.28. The third-order valence-electron chi connectivity index (χ3n) is 2.59. The van der Waals surface area contributed by atoms with Gasteiger partial charge in [-0.15, -0.1) is 0 Å². The van der Waals surface area contributed by atoms with E-state index in [1.165, 1.54) is 0 Å². The standard InChI is InChI=1S/C14H16N2O2/c1-10(15)13-6-3-7-16-14(13)18-12-5-2-4-11(8-12)9-17/h2-8,10,17H,9,15H2,1H3/t10-/m1/s1. The molecule has 0 aliphatic rings. The molecule has 0 fully saturated rings. The van der Waals surface area contributed by atoms with Crippen molar-refractivity contribution in [2.75, 3.05) is 0 Å². The number of aromatic nitrogens is 1. The van der Waals surface area contributed by atoms with Crippen molar-refractivity contribution >= 4 is 0 Å². The van der Waals surface area contributed by atoms with E-state index in [0.717, 1.165) is 11.1 Å². The second-order valence-corrected chi connectivity index (χ2v) is 4.09. The van der Waals surface area contributed by atoms with Crippen molar-refractivity contribution in [3.05, 3.63) is 53.7 Å². The molecular formula is C14H16N2O2. The molecule has 1 aromatic carbocycles. The van der Waals surface area contributed by atoms with E-state index in [1.807, 2.05) is 37.3 Å². The van der Waals surface area contributed by atoms with E-state index in [1.54, 1.807) is 12.3 Å². The second-order valence-electron chi connectivity index (χ2n) is 4.09.